The third kappa shape index (κ3) is 2.66. The van der Waals surface area contributed by atoms with Crippen LogP contribution in [0, 0.1) is 17.7 Å². The summed E-state index contributed by atoms with van der Waals surface area (Å²) in [5.41, 5.74) is -0.235. The molecule has 0 atom stereocenters. The minimum atomic E-state index is -1.20. The lowest BCUT2D eigenvalue weighted by Gasteiger charge is -2.17. The van der Waals surface area contributed by atoms with Crippen LogP contribution in [0.3, 0.4) is 0 Å². The van der Waals surface area contributed by atoms with Crippen molar-refractivity contribution in [2.24, 2.45) is 11.8 Å². The summed E-state index contributed by atoms with van der Waals surface area (Å²) in [5, 5.41) is 11.7. The second kappa shape index (κ2) is 4.89. The Morgan fingerprint density at radius 1 is 1.20 bits per heavy atom. The van der Waals surface area contributed by atoms with Crippen molar-refractivity contribution in [1.82, 2.24) is 5.32 Å². The molecule has 2 aliphatic rings. The number of rotatable bonds is 5. The van der Waals surface area contributed by atoms with Gasteiger partial charge in [-0.25, -0.2) is 9.18 Å². The first-order valence-electron chi connectivity index (χ1n) is 6.90. The predicted octanol–water partition coefficient (Wildman–Crippen LogP) is 2.44. The van der Waals surface area contributed by atoms with Gasteiger partial charge < -0.3 is 10.4 Å². The molecule has 0 bridgehead atoms. The molecule has 5 heteroatoms. The molecule has 0 spiro atoms. The van der Waals surface area contributed by atoms with Crippen LogP contribution in [-0.2, 0) is 0 Å². The summed E-state index contributed by atoms with van der Waals surface area (Å²) in [6, 6.07) is 3.54. The zero-order chi connectivity index (χ0) is 14.3. The molecule has 0 unspecified atom stereocenters. The van der Waals surface area contributed by atoms with Crippen molar-refractivity contribution in [3.8, 4) is 0 Å². The number of halogens is 1. The maximum Gasteiger partial charge on any atom is 0.335 e. The molecule has 1 aromatic carbocycles. The largest absolute Gasteiger partial charge is 0.478 e. The van der Waals surface area contributed by atoms with E-state index in [0.29, 0.717) is 11.8 Å². The molecule has 3 rings (SSSR count). The monoisotopic (exact) mass is 277 g/mol. The van der Waals surface area contributed by atoms with Gasteiger partial charge in [-0.3, -0.25) is 4.79 Å². The number of nitrogens with one attached hydrogen (secondary N) is 1. The van der Waals surface area contributed by atoms with E-state index in [0.717, 1.165) is 31.7 Å². The van der Waals surface area contributed by atoms with Crippen LogP contribution < -0.4 is 5.32 Å². The Hall–Kier alpha value is -1.91. The average Bonchev–Trinajstić information content (AvgIpc) is 3.28. The van der Waals surface area contributed by atoms with E-state index in [9.17, 15) is 14.0 Å². The van der Waals surface area contributed by atoms with E-state index in [-0.39, 0.29) is 17.2 Å². The van der Waals surface area contributed by atoms with Crippen LogP contribution in [0.2, 0.25) is 0 Å². The van der Waals surface area contributed by atoms with Crippen LogP contribution in [-0.4, -0.2) is 23.0 Å². The van der Waals surface area contributed by atoms with Gasteiger partial charge in [0.1, 0.15) is 5.82 Å². The van der Waals surface area contributed by atoms with Crippen molar-refractivity contribution in [3.63, 3.8) is 0 Å². The Morgan fingerprint density at radius 2 is 1.80 bits per heavy atom. The average molecular weight is 277 g/mol. The molecule has 0 radical (unpaired) electrons. The Bertz CT molecular complexity index is 552. The van der Waals surface area contributed by atoms with Gasteiger partial charge in [-0.2, -0.15) is 0 Å². The maximum atomic E-state index is 13.8. The van der Waals surface area contributed by atoms with Crippen molar-refractivity contribution >= 4 is 11.9 Å². The molecule has 2 N–H and O–H groups in total. The highest BCUT2D eigenvalue weighted by molar-refractivity contribution is 5.96. The minimum absolute atomic E-state index is 0.0821. The van der Waals surface area contributed by atoms with Crippen LogP contribution >= 0.6 is 0 Å². The van der Waals surface area contributed by atoms with E-state index < -0.39 is 17.7 Å². The highest BCUT2D eigenvalue weighted by atomic mass is 19.1. The smallest absolute Gasteiger partial charge is 0.335 e. The normalized spacial score (nSPS) is 18.1. The minimum Gasteiger partial charge on any atom is -0.478 e. The summed E-state index contributed by atoms with van der Waals surface area (Å²) < 4.78 is 13.8. The fourth-order valence-electron chi connectivity index (χ4n) is 2.59. The molecular formula is C15H16FNO3. The fraction of sp³-hybridized carbons (Fsp3) is 0.467. The van der Waals surface area contributed by atoms with Crippen molar-refractivity contribution in [1.29, 1.82) is 0 Å². The lowest BCUT2D eigenvalue weighted by molar-refractivity contribution is 0.0695. The van der Waals surface area contributed by atoms with Gasteiger partial charge in [0.25, 0.3) is 5.91 Å². The molecular weight excluding hydrogens is 261 g/mol. The van der Waals surface area contributed by atoms with Crippen LogP contribution in [0.5, 0.6) is 0 Å². The number of hydrogen-bond donors (Lipinski definition) is 2. The third-order valence-electron chi connectivity index (χ3n) is 4.02. The number of carboxylic acid groups (broad SMARTS) is 1. The standard InChI is InChI=1S/C15H16FNO3/c16-12-7-10(15(19)20)5-6-11(12)14(18)17-13(8-1-2-8)9-3-4-9/h5-9,13H,1-4H2,(H,17,18)(H,19,20). The summed E-state index contributed by atoms with van der Waals surface area (Å²) in [5.74, 6) is -1.36. The molecule has 0 aliphatic heterocycles. The first-order chi connectivity index (χ1) is 9.56. The van der Waals surface area contributed by atoms with Crippen molar-refractivity contribution in [2.75, 3.05) is 0 Å². The molecule has 2 aliphatic carbocycles. The highest BCUT2D eigenvalue weighted by Crippen LogP contribution is 2.44. The van der Waals surface area contributed by atoms with Crippen molar-refractivity contribution in [3.05, 3.63) is 35.1 Å². The zero-order valence-electron chi connectivity index (χ0n) is 10.9. The topological polar surface area (TPSA) is 66.4 Å². The van der Waals surface area contributed by atoms with E-state index in [1.807, 2.05) is 0 Å². The van der Waals surface area contributed by atoms with E-state index in [2.05, 4.69) is 5.32 Å². The number of aromatic carboxylic acids is 1. The highest BCUT2D eigenvalue weighted by Gasteiger charge is 2.42. The molecule has 1 amide bonds. The molecule has 0 heterocycles. The maximum absolute atomic E-state index is 13.8. The number of carbonyl (C=O) groups excluding carboxylic acids is 1. The van der Waals surface area contributed by atoms with Crippen molar-refractivity contribution < 1.29 is 19.1 Å². The molecule has 2 saturated carbocycles. The molecule has 106 valence electrons. The van der Waals surface area contributed by atoms with Gasteiger partial charge in [-0.1, -0.05) is 0 Å². The lowest BCUT2D eigenvalue weighted by Crippen LogP contribution is -2.38. The molecule has 1 aromatic rings. The Balaban J connectivity index is 1.74. The van der Waals surface area contributed by atoms with Crippen LogP contribution in [0.1, 0.15) is 46.4 Å². The Labute approximate surface area is 116 Å². The summed E-state index contributed by atoms with van der Waals surface area (Å²) >= 11 is 0. The SMILES string of the molecule is O=C(O)c1ccc(C(=O)NC(C2CC2)C2CC2)c(F)c1. The quantitative estimate of drug-likeness (QED) is 0.868. The van der Waals surface area contributed by atoms with Gasteiger partial charge in [0.05, 0.1) is 11.1 Å². The van der Waals surface area contributed by atoms with Crippen LogP contribution in [0.25, 0.3) is 0 Å². The number of carboxylic acids is 1. The van der Waals surface area contributed by atoms with Gasteiger partial charge in [0.15, 0.2) is 0 Å². The van der Waals surface area contributed by atoms with Gasteiger partial charge in [-0.15, -0.1) is 0 Å². The first kappa shape index (κ1) is 13.1. The fourth-order valence-corrected chi connectivity index (χ4v) is 2.59. The van der Waals surface area contributed by atoms with Gasteiger partial charge in [-0.05, 0) is 55.7 Å². The Morgan fingerprint density at radius 3 is 2.25 bits per heavy atom. The van der Waals surface area contributed by atoms with E-state index in [4.69, 9.17) is 5.11 Å². The lowest BCUT2D eigenvalue weighted by atomic mass is 10.1. The van der Waals surface area contributed by atoms with Gasteiger partial charge in [0.2, 0.25) is 0 Å². The molecule has 4 nitrogen and oxygen atoms in total. The number of hydrogen-bond acceptors (Lipinski definition) is 2. The van der Waals surface area contributed by atoms with E-state index in [1.54, 1.807) is 0 Å². The predicted molar refractivity (Wildman–Crippen MR) is 70.1 cm³/mol. The number of amides is 1. The molecule has 0 aromatic heterocycles. The second-order valence-electron chi connectivity index (χ2n) is 5.67. The number of carbonyl (C=O) groups is 2. The summed E-state index contributed by atoms with van der Waals surface area (Å²) in [7, 11) is 0. The molecule has 0 saturated heterocycles. The molecule has 20 heavy (non-hydrogen) atoms. The number of benzene rings is 1. The zero-order valence-corrected chi connectivity index (χ0v) is 10.9. The third-order valence-corrected chi connectivity index (χ3v) is 4.02. The Kier molecular flexibility index (Phi) is 3.20. The van der Waals surface area contributed by atoms with Gasteiger partial charge >= 0.3 is 5.97 Å². The van der Waals surface area contributed by atoms with Gasteiger partial charge in [0, 0.05) is 6.04 Å². The molecule has 2 fully saturated rings. The summed E-state index contributed by atoms with van der Waals surface area (Å²) in [6.07, 6.45) is 4.51. The first-order valence-corrected chi connectivity index (χ1v) is 6.90. The van der Waals surface area contributed by atoms with E-state index in [1.165, 1.54) is 12.1 Å². The van der Waals surface area contributed by atoms with Crippen LogP contribution in [0.4, 0.5) is 4.39 Å². The van der Waals surface area contributed by atoms with Crippen molar-refractivity contribution in [2.45, 2.75) is 31.7 Å². The summed E-state index contributed by atoms with van der Waals surface area (Å²) in [6.45, 7) is 0. The second-order valence-corrected chi connectivity index (χ2v) is 5.67. The van der Waals surface area contributed by atoms with E-state index >= 15 is 0 Å². The van der Waals surface area contributed by atoms with Crippen LogP contribution in [0.15, 0.2) is 18.2 Å². The summed E-state index contributed by atoms with van der Waals surface area (Å²) in [4.78, 5) is 22.9.